The maximum atomic E-state index is 4.33. The van der Waals surface area contributed by atoms with E-state index in [1.165, 1.54) is 30.8 Å². The molecule has 0 atom stereocenters. The van der Waals surface area contributed by atoms with Gasteiger partial charge in [-0.1, -0.05) is 22.7 Å². The molecule has 0 unspecified atom stereocenters. The molecule has 0 saturated carbocycles. The molecule has 2 aromatic rings. The van der Waals surface area contributed by atoms with Crippen LogP contribution in [0.5, 0.6) is 0 Å². The molecule has 0 spiro atoms. The number of aryl methyl sites for hydroxylation is 1. The number of fused-ring (bicyclic) bond motifs is 1. The Morgan fingerprint density at radius 1 is 1.25 bits per heavy atom. The van der Waals surface area contributed by atoms with E-state index in [9.17, 15) is 0 Å². The molecule has 108 valence electrons. The first-order valence-electron chi connectivity index (χ1n) is 6.98. The van der Waals surface area contributed by atoms with E-state index < -0.39 is 0 Å². The van der Waals surface area contributed by atoms with Crippen LogP contribution in [-0.4, -0.2) is 30.9 Å². The summed E-state index contributed by atoms with van der Waals surface area (Å²) in [6, 6.07) is 0. The van der Waals surface area contributed by atoms with Gasteiger partial charge in [0.2, 0.25) is 0 Å². The minimum atomic E-state index is 0.789. The molecule has 1 aliphatic heterocycles. The van der Waals surface area contributed by atoms with Crippen molar-refractivity contribution in [2.45, 2.75) is 50.1 Å². The molecule has 0 fully saturated rings. The smallest absolute Gasteiger partial charge is 0.191 e. The topological polar surface area (TPSA) is 68.5 Å². The number of hydrogen-bond donors (Lipinski definition) is 1. The molecule has 3 rings (SSSR count). The summed E-state index contributed by atoms with van der Waals surface area (Å²) in [7, 11) is 0. The molecule has 3 heterocycles. The Balaban J connectivity index is 1.69. The minimum absolute atomic E-state index is 0.789. The summed E-state index contributed by atoms with van der Waals surface area (Å²) in [5.41, 5.74) is 1.01. The molecule has 2 aromatic heterocycles. The first-order chi connectivity index (χ1) is 9.88. The standard InChI is InChI=1S/C12H18N6S2/c1-2-13-11-9(14-17-20-11)8-19-12-16-15-10-6-4-3-5-7-18(10)12/h13H,2-8H2,1H3. The van der Waals surface area contributed by atoms with E-state index in [-0.39, 0.29) is 0 Å². The Hall–Kier alpha value is -1.15. The van der Waals surface area contributed by atoms with Crippen LogP contribution in [0.15, 0.2) is 5.16 Å². The zero-order chi connectivity index (χ0) is 13.8. The fourth-order valence-corrected chi connectivity index (χ4v) is 3.95. The number of thioether (sulfide) groups is 1. The summed E-state index contributed by atoms with van der Waals surface area (Å²) in [6.07, 6.45) is 4.78. The van der Waals surface area contributed by atoms with Crippen LogP contribution in [0.2, 0.25) is 0 Å². The third-order valence-electron chi connectivity index (χ3n) is 3.31. The van der Waals surface area contributed by atoms with Crippen LogP contribution < -0.4 is 5.32 Å². The van der Waals surface area contributed by atoms with Crippen molar-refractivity contribution in [2.75, 3.05) is 11.9 Å². The molecule has 20 heavy (non-hydrogen) atoms. The highest BCUT2D eigenvalue weighted by Crippen LogP contribution is 2.28. The number of nitrogens with one attached hydrogen (secondary N) is 1. The summed E-state index contributed by atoms with van der Waals surface area (Å²) in [6.45, 7) is 4.01. The highest BCUT2D eigenvalue weighted by Gasteiger charge is 2.16. The highest BCUT2D eigenvalue weighted by atomic mass is 32.2. The Bertz CT molecular complexity index is 564. The molecule has 0 aromatic carbocycles. The molecule has 1 N–H and O–H groups in total. The molecule has 0 radical (unpaired) electrons. The summed E-state index contributed by atoms with van der Waals surface area (Å²) < 4.78 is 6.28. The molecule has 8 heteroatoms. The van der Waals surface area contributed by atoms with E-state index in [0.29, 0.717) is 0 Å². The molecule has 0 amide bonds. The van der Waals surface area contributed by atoms with E-state index in [2.05, 4.69) is 36.6 Å². The van der Waals surface area contributed by atoms with Crippen molar-refractivity contribution in [1.82, 2.24) is 24.4 Å². The predicted molar refractivity (Wildman–Crippen MR) is 81.2 cm³/mol. The zero-order valence-electron chi connectivity index (χ0n) is 11.5. The maximum absolute atomic E-state index is 4.33. The van der Waals surface area contributed by atoms with Gasteiger partial charge in [0.25, 0.3) is 0 Å². The van der Waals surface area contributed by atoms with Crippen LogP contribution in [0.1, 0.15) is 37.7 Å². The highest BCUT2D eigenvalue weighted by molar-refractivity contribution is 7.98. The van der Waals surface area contributed by atoms with Crippen LogP contribution in [0.3, 0.4) is 0 Å². The van der Waals surface area contributed by atoms with Crippen molar-refractivity contribution in [1.29, 1.82) is 0 Å². The van der Waals surface area contributed by atoms with Gasteiger partial charge in [-0.3, -0.25) is 0 Å². The van der Waals surface area contributed by atoms with Gasteiger partial charge in [-0.2, -0.15) is 0 Å². The van der Waals surface area contributed by atoms with Crippen molar-refractivity contribution in [3.63, 3.8) is 0 Å². The van der Waals surface area contributed by atoms with Crippen LogP contribution in [-0.2, 0) is 18.7 Å². The predicted octanol–water partition coefficient (Wildman–Crippen LogP) is 2.58. The normalized spacial score (nSPS) is 14.8. The van der Waals surface area contributed by atoms with Gasteiger partial charge in [0.15, 0.2) is 5.16 Å². The Morgan fingerprint density at radius 3 is 3.10 bits per heavy atom. The second-order valence-corrected chi connectivity index (χ2v) is 6.43. The van der Waals surface area contributed by atoms with Crippen molar-refractivity contribution in [3.05, 3.63) is 11.5 Å². The van der Waals surface area contributed by atoms with E-state index >= 15 is 0 Å². The van der Waals surface area contributed by atoms with E-state index in [1.807, 2.05) is 0 Å². The summed E-state index contributed by atoms with van der Waals surface area (Å²) >= 11 is 3.12. The van der Waals surface area contributed by atoms with Gasteiger partial charge in [-0.25, -0.2) is 0 Å². The maximum Gasteiger partial charge on any atom is 0.191 e. The van der Waals surface area contributed by atoms with Crippen LogP contribution in [0.4, 0.5) is 5.00 Å². The van der Waals surface area contributed by atoms with Crippen LogP contribution >= 0.6 is 23.3 Å². The lowest BCUT2D eigenvalue weighted by atomic mass is 10.2. The monoisotopic (exact) mass is 310 g/mol. The SMILES string of the molecule is CCNc1snnc1CSc1nnc2n1CCCCC2. The molecule has 0 aliphatic carbocycles. The number of rotatable bonds is 5. The second-order valence-electron chi connectivity index (χ2n) is 4.73. The number of nitrogens with zero attached hydrogens (tertiary/aromatic N) is 5. The third-order valence-corrected chi connectivity index (χ3v) is 5.01. The van der Waals surface area contributed by atoms with E-state index in [4.69, 9.17) is 0 Å². The van der Waals surface area contributed by atoms with Gasteiger partial charge in [0.05, 0.1) is 0 Å². The lowest BCUT2D eigenvalue weighted by Gasteiger charge is -2.06. The largest absolute Gasteiger partial charge is 0.374 e. The van der Waals surface area contributed by atoms with E-state index in [0.717, 1.165) is 46.9 Å². The third kappa shape index (κ3) is 2.95. The first kappa shape index (κ1) is 13.8. The van der Waals surface area contributed by atoms with Gasteiger partial charge >= 0.3 is 0 Å². The van der Waals surface area contributed by atoms with Crippen molar-refractivity contribution < 1.29 is 0 Å². The molecule has 0 saturated heterocycles. The molecule has 6 nitrogen and oxygen atoms in total. The van der Waals surface area contributed by atoms with Crippen molar-refractivity contribution in [2.24, 2.45) is 0 Å². The first-order valence-corrected chi connectivity index (χ1v) is 8.74. The lowest BCUT2D eigenvalue weighted by molar-refractivity contribution is 0.591. The van der Waals surface area contributed by atoms with Crippen molar-refractivity contribution in [3.8, 4) is 0 Å². The fourth-order valence-electron chi connectivity index (χ4n) is 2.30. The van der Waals surface area contributed by atoms with Gasteiger partial charge in [0, 0.05) is 36.8 Å². The minimum Gasteiger partial charge on any atom is -0.374 e. The number of aromatic nitrogens is 5. The Morgan fingerprint density at radius 2 is 2.20 bits per heavy atom. The molecule has 0 bridgehead atoms. The fraction of sp³-hybridized carbons (Fsp3) is 0.667. The van der Waals surface area contributed by atoms with E-state index in [1.54, 1.807) is 11.8 Å². The van der Waals surface area contributed by atoms with Crippen LogP contribution in [0, 0.1) is 0 Å². The van der Waals surface area contributed by atoms with Crippen molar-refractivity contribution >= 4 is 28.3 Å². The molecular formula is C12H18N6S2. The van der Waals surface area contributed by atoms with Crippen LogP contribution in [0.25, 0.3) is 0 Å². The Labute approximate surface area is 126 Å². The number of hydrogen-bond acceptors (Lipinski definition) is 7. The van der Waals surface area contributed by atoms with Gasteiger partial charge < -0.3 is 9.88 Å². The summed E-state index contributed by atoms with van der Waals surface area (Å²) in [4.78, 5) is 0. The summed E-state index contributed by atoms with van der Waals surface area (Å²) in [5.74, 6) is 1.92. The molecule has 1 aliphatic rings. The summed E-state index contributed by atoms with van der Waals surface area (Å²) in [5, 5.41) is 18.2. The average Bonchev–Trinajstić information content (AvgIpc) is 2.97. The zero-order valence-corrected chi connectivity index (χ0v) is 13.1. The lowest BCUT2D eigenvalue weighted by Crippen LogP contribution is -2.03. The second kappa shape index (κ2) is 6.53. The van der Waals surface area contributed by atoms with Gasteiger partial charge in [0.1, 0.15) is 16.5 Å². The quantitative estimate of drug-likeness (QED) is 0.856. The molecular weight excluding hydrogens is 292 g/mol. The average molecular weight is 310 g/mol. The van der Waals surface area contributed by atoms with Gasteiger partial charge in [-0.05, 0) is 19.8 Å². The Kier molecular flexibility index (Phi) is 4.51. The number of anilines is 1. The van der Waals surface area contributed by atoms with Gasteiger partial charge in [-0.15, -0.1) is 15.3 Å².